The largest absolute Gasteiger partial charge is 0.756 e. The molecule has 13 nitrogen and oxygen atoms in total. The highest BCUT2D eigenvalue weighted by Crippen LogP contribution is 2.31. The first-order chi connectivity index (χ1) is 29.5. The Morgan fingerprint density at radius 1 is 0.705 bits per heavy atom. The third kappa shape index (κ3) is 9.92. The molecule has 5 heterocycles. The molecular formula is C48H53N7O6-2. The maximum absolute atomic E-state index is 14.3. The van der Waals surface area contributed by atoms with Crippen LogP contribution in [0, 0.1) is 15.8 Å². The summed E-state index contributed by atoms with van der Waals surface area (Å²) in [7, 11) is 0. The molecule has 3 aromatic heterocycles. The fourth-order valence-electron chi connectivity index (χ4n) is 8.83. The lowest BCUT2D eigenvalue weighted by atomic mass is 9.83. The third-order valence-electron chi connectivity index (χ3n) is 12.3. The Labute approximate surface area is 355 Å². The minimum absolute atomic E-state index is 0.0275. The summed E-state index contributed by atoms with van der Waals surface area (Å²) in [6.07, 6.45) is 3.07. The Bertz CT molecular complexity index is 2470. The molecular weight excluding hydrogens is 771 g/mol. The number of hydrogen-bond acceptors (Lipinski definition) is 10. The van der Waals surface area contributed by atoms with E-state index in [0.29, 0.717) is 79.4 Å². The van der Waals surface area contributed by atoms with Crippen molar-refractivity contribution in [1.82, 2.24) is 35.2 Å². The zero-order valence-electron chi connectivity index (χ0n) is 34.9. The second-order valence-corrected chi connectivity index (χ2v) is 17.3. The molecule has 61 heavy (non-hydrogen) atoms. The average Bonchev–Trinajstić information content (AvgIpc) is 3.39. The standard InChI is InChI=1S/C48H53N7O6/c1-48(2,47(58)55(60)39-15-10-26-53(28-24-39)32-37-22-20-34-12-4-7-17-41(34)50-37)30-42(51-45(56)44-29-35-13-5-8-18-43(35)61-44)46(57)54(59)38-14-9-25-52(27-23-38)31-36-21-19-33-11-3-6-16-40(33)49-36/h3-8,11-13,16-22,29,38-39,42H,9-10,14-15,23-28,30-32H2,1-2H3,(H,51,56)/q-2/t38?,39?,42-/m0/s1. The molecule has 3 aromatic carbocycles. The molecule has 318 valence electrons. The van der Waals surface area contributed by atoms with Gasteiger partial charge in [-0.15, -0.1) is 0 Å². The number of aromatic nitrogens is 2. The van der Waals surface area contributed by atoms with Crippen LogP contribution in [0.5, 0.6) is 0 Å². The van der Waals surface area contributed by atoms with Crippen LogP contribution in [0.15, 0.2) is 108 Å². The van der Waals surface area contributed by atoms with Crippen molar-refractivity contribution in [1.29, 1.82) is 0 Å². The van der Waals surface area contributed by atoms with Gasteiger partial charge in [0.1, 0.15) is 11.6 Å². The monoisotopic (exact) mass is 823 g/mol. The Kier molecular flexibility index (Phi) is 12.7. The molecule has 0 aliphatic carbocycles. The normalized spacial score (nSPS) is 18.7. The lowest BCUT2D eigenvalue weighted by molar-refractivity contribution is -0.142. The number of benzene rings is 3. The van der Waals surface area contributed by atoms with E-state index < -0.39 is 41.3 Å². The number of nitrogens with one attached hydrogen (secondary N) is 1. The fourth-order valence-corrected chi connectivity index (χ4v) is 8.83. The van der Waals surface area contributed by atoms with E-state index in [1.54, 1.807) is 38.1 Å². The Balaban J connectivity index is 0.933. The summed E-state index contributed by atoms with van der Waals surface area (Å²) in [4.78, 5) is 56.3. The molecule has 0 saturated carbocycles. The minimum atomic E-state index is -1.40. The van der Waals surface area contributed by atoms with E-state index in [1.807, 2.05) is 66.7 Å². The van der Waals surface area contributed by atoms with Gasteiger partial charge in [0.2, 0.25) is 11.8 Å². The summed E-state index contributed by atoms with van der Waals surface area (Å²) in [5, 5.41) is 34.6. The minimum Gasteiger partial charge on any atom is -0.756 e. The smallest absolute Gasteiger partial charge is 0.287 e. The second-order valence-electron chi connectivity index (χ2n) is 17.3. The van der Waals surface area contributed by atoms with Gasteiger partial charge in [0.05, 0.1) is 22.4 Å². The number of hydrogen-bond donors (Lipinski definition) is 1. The molecule has 3 atom stereocenters. The van der Waals surface area contributed by atoms with Gasteiger partial charge in [-0.05, 0) is 94.4 Å². The van der Waals surface area contributed by atoms with Crippen LogP contribution in [0.4, 0.5) is 0 Å². The number of carbonyl (C=O) groups excluding carboxylic acids is 3. The molecule has 13 heteroatoms. The number of amides is 3. The maximum Gasteiger partial charge on any atom is 0.287 e. The number of furan rings is 1. The van der Waals surface area contributed by atoms with Crippen molar-refractivity contribution >= 4 is 50.5 Å². The van der Waals surface area contributed by atoms with Gasteiger partial charge in [-0.2, -0.15) is 0 Å². The highest BCUT2D eigenvalue weighted by Gasteiger charge is 2.39. The molecule has 0 radical (unpaired) electrons. The molecule has 2 aliphatic rings. The zero-order valence-corrected chi connectivity index (χ0v) is 34.9. The van der Waals surface area contributed by atoms with Gasteiger partial charge in [-0.1, -0.05) is 80.6 Å². The number of nitrogens with zero attached hydrogens (tertiary/aromatic N) is 6. The van der Waals surface area contributed by atoms with Crippen LogP contribution < -0.4 is 5.32 Å². The summed E-state index contributed by atoms with van der Waals surface area (Å²) in [5.41, 5.74) is 2.82. The van der Waals surface area contributed by atoms with Gasteiger partial charge in [0, 0.05) is 59.8 Å². The molecule has 1 N–H and O–H groups in total. The van der Waals surface area contributed by atoms with Crippen molar-refractivity contribution < 1.29 is 18.8 Å². The zero-order chi connectivity index (χ0) is 42.5. The van der Waals surface area contributed by atoms with E-state index in [-0.39, 0.29) is 12.2 Å². The number of para-hydroxylation sites is 3. The van der Waals surface area contributed by atoms with E-state index in [2.05, 4.69) is 27.2 Å². The molecule has 2 saturated heterocycles. The van der Waals surface area contributed by atoms with Gasteiger partial charge >= 0.3 is 0 Å². The Morgan fingerprint density at radius 2 is 1.23 bits per heavy atom. The quantitative estimate of drug-likeness (QED) is 0.121. The van der Waals surface area contributed by atoms with Crippen molar-refractivity contribution in [2.24, 2.45) is 5.41 Å². The predicted molar refractivity (Wildman–Crippen MR) is 236 cm³/mol. The van der Waals surface area contributed by atoms with Crippen LogP contribution in [0.1, 0.15) is 80.7 Å². The van der Waals surface area contributed by atoms with Gasteiger partial charge < -0.3 is 30.3 Å². The van der Waals surface area contributed by atoms with Crippen LogP contribution in [-0.2, 0) is 22.7 Å². The van der Waals surface area contributed by atoms with Crippen molar-refractivity contribution in [3.63, 3.8) is 0 Å². The van der Waals surface area contributed by atoms with Crippen molar-refractivity contribution in [3.05, 3.63) is 131 Å². The maximum atomic E-state index is 14.3. The number of pyridine rings is 2. The van der Waals surface area contributed by atoms with Crippen molar-refractivity contribution in [2.45, 2.75) is 90.0 Å². The highest BCUT2D eigenvalue weighted by molar-refractivity contribution is 5.99. The van der Waals surface area contributed by atoms with Crippen LogP contribution in [0.3, 0.4) is 0 Å². The SMILES string of the molecule is CC(C)(C[C@H](NC(=O)c1cc2ccccc2o1)C(=O)N([O-])C1CCCN(Cc2ccc3ccccc3n2)CC1)C(=O)N([O-])C1CCCN(Cc2ccc3ccccc3n2)CC1. The number of hydroxylamine groups is 4. The lowest BCUT2D eigenvalue weighted by Crippen LogP contribution is -2.53. The van der Waals surface area contributed by atoms with E-state index in [1.165, 1.54) is 0 Å². The van der Waals surface area contributed by atoms with E-state index in [0.717, 1.165) is 52.7 Å². The summed E-state index contributed by atoms with van der Waals surface area (Å²) < 4.78 is 5.80. The number of fused-ring (bicyclic) bond motifs is 3. The molecule has 8 rings (SSSR count). The van der Waals surface area contributed by atoms with Crippen LogP contribution >= 0.6 is 0 Å². The highest BCUT2D eigenvalue weighted by atomic mass is 16.5. The first-order valence-corrected chi connectivity index (χ1v) is 21.5. The van der Waals surface area contributed by atoms with Crippen LogP contribution in [0.25, 0.3) is 32.8 Å². The molecule has 2 fully saturated rings. The molecule has 3 amide bonds. The summed E-state index contributed by atoms with van der Waals surface area (Å²) in [6.45, 7) is 7.14. The Hall–Kier alpha value is -5.73. The van der Waals surface area contributed by atoms with Gasteiger partial charge in [0.15, 0.2) is 5.76 Å². The number of likely N-dealkylation sites (tertiary alicyclic amines) is 2. The van der Waals surface area contributed by atoms with E-state index in [4.69, 9.17) is 14.4 Å². The fraction of sp³-hybridized carbons (Fsp3) is 0.396. The topological polar surface area (TPSA) is 161 Å². The van der Waals surface area contributed by atoms with Crippen molar-refractivity contribution in [2.75, 3.05) is 26.2 Å². The van der Waals surface area contributed by atoms with Gasteiger partial charge in [-0.25, -0.2) is 0 Å². The van der Waals surface area contributed by atoms with Crippen molar-refractivity contribution in [3.8, 4) is 0 Å². The summed E-state index contributed by atoms with van der Waals surface area (Å²) in [5.74, 6) is -2.27. The molecule has 6 aromatic rings. The average molecular weight is 824 g/mol. The summed E-state index contributed by atoms with van der Waals surface area (Å²) >= 11 is 0. The van der Waals surface area contributed by atoms with Crippen LogP contribution in [0.2, 0.25) is 0 Å². The van der Waals surface area contributed by atoms with E-state index in [9.17, 15) is 24.8 Å². The van der Waals surface area contributed by atoms with Gasteiger partial charge in [-0.3, -0.25) is 34.2 Å². The van der Waals surface area contributed by atoms with E-state index >= 15 is 0 Å². The first kappa shape index (κ1) is 42.0. The molecule has 2 unspecified atom stereocenters. The predicted octanol–water partition coefficient (Wildman–Crippen LogP) is 7.81. The lowest BCUT2D eigenvalue weighted by Gasteiger charge is -2.44. The molecule has 2 aliphatic heterocycles. The molecule has 0 spiro atoms. The summed E-state index contributed by atoms with van der Waals surface area (Å²) in [6, 6.07) is 30.3. The van der Waals surface area contributed by atoms with Crippen LogP contribution in [-0.4, -0.2) is 91.9 Å². The number of rotatable bonds is 12. The number of carbonyl (C=O) groups is 3. The third-order valence-corrected chi connectivity index (χ3v) is 12.3. The molecule has 0 bridgehead atoms. The van der Waals surface area contributed by atoms with Gasteiger partial charge in [0.25, 0.3) is 5.91 Å². The Morgan fingerprint density at radius 3 is 1.80 bits per heavy atom. The first-order valence-electron chi connectivity index (χ1n) is 21.5. The second kappa shape index (κ2) is 18.5.